The number of hydrogen-bond acceptors (Lipinski definition) is 5. The second-order valence-corrected chi connectivity index (χ2v) is 4.90. The van der Waals surface area contributed by atoms with Crippen LogP contribution >= 0.6 is 0 Å². The summed E-state index contributed by atoms with van der Waals surface area (Å²) in [5.41, 5.74) is -2.27. The summed E-state index contributed by atoms with van der Waals surface area (Å²) in [4.78, 5) is 29.5. The standard InChI is InChI=1S/C13H16F3N3O4/c1-2-22-11(20)9-8-17-19(10(9)13(14,15)16)23-12(21)18-6-4-3-5-7-18/h8H,2-7H2,1H3. The number of nitrogens with zero attached hydrogens (tertiary/aromatic N) is 3. The molecular weight excluding hydrogens is 319 g/mol. The van der Waals surface area contributed by atoms with Gasteiger partial charge < -0.3 is 9.64 Å². The van der Waals surface area contributed by atoms with E-state index < -0.39 is 29.5 Å². The van der Waals surface area contributed by atoms with Crippen molar-refractivity contribution in [2.45, 2.75) is 32.4 Å². The maximum atomic E-state index is 13.2. The highest BCUT2D eigenvalue weighted by atomic mass is 19.4. The lowest BCUT2D eigenvalue weighted by Crippen LogP contribution is -2.41. The van der Waals surface area contributed by atoms with E-state index in [0.29, 0.717) is 19.3 Å². The Labute approximate surface area is 129 Å². The van der Waals surface area contributed by atoms with E-state index in [2.05, 4.69) is 14.7 Å². The first-order valence-corrected chi connectivity index (χ1v) is 7.14. The number of rotatable bonds is 3. The number of carbonyl (C=O) groups is 2. The summed E-state index contributed by atoms with van der Waals surface area (Å²) in [5, 5.41) is 3.35. The SMILES string of the molecule is CCOC(=O)c1cnn(OC(=O)N2CCCCC2)c1C(F)(F)F. The molecule has 1 aliphatic heterocycles. The summed E-state index contributed by atoms with van der Waals surface area (Å²) in [5.74, 6) is -1.18. The second kappa shape index (κ2) is 6.88. The molecule has 1 aliphatic rings. The van der Waals surface area contributed by atoms with Crippen molar-refractivity contribution >= 4 is 12.1 Å². The highest BCUT2D eigenvalue weighted by Gasteiger charge is 2.42. The van der Waals surface area contributed by atoms with Crippen LogP contribution in [-0.2, 0) is 10.9 Å². The van der Waals surface area contributed by atoms with Crippen LogP contribution in [0.5, 0.6) is 0 Å². The van der Waals surface area contributed by atoms with Crippen LogP contribution in [0.4, 0.5) is 18.0 Å². The minimum absolute atomic E-state index is 0.0309. The van der Waals surface area contributed by atoms with Crippen molar-refractivity contribution in [1.82, 2.24) is 14.8 Å². The maximum Gasteiger partial charge on any atom is 0.437 e. The van der Waals surface area contributed by atoms with E-state index in [1.165, 1.54) is 11.8 Å². The molecule has 0 radical (unpaired) electrons. The minimum Gasteiger partial charge on any atom is -0.462 e. The average Bonchev–Trinajstić information content (AvgIpc) is 2.92. The number of esters is 1. The Bertz CT molecular complexity index is 580. The Kier molecular flexibility index (Phi) is 5.12. The van der Waals surface area contributed by atoms with Gasteiger partial charge >= 0.3 is 18.2 Å². The van der Waals surface area contributed by atoms with Gasteiger partial charge in [-0.2, -0.15) is 13.2 Å². The van der Waals surface area contributed by atoms with Gasteiger partial charge in [0, 0.05) is 13.1 Å². The fourth-order valence-corrected chi connectivity index (χ4v) is 2.23. The van der Waals surface area contributed by atoms with E-state index in [0.717, 1.165) is 19.3 Å². The van der Waals surface area contributed by atoms with Gasteiger partial charge in [-0.15, -0.1) is 5.10 Å². The molecule has 0 N–H and O–H groups in total. The molecule has 0 unspecified atom stereocenters. The first-order chi connectivity index (χ1) is 10.8. The molecule has 1 aromatic rings. The van der Waals surface area contributed by atoms with Crippen LogP contribution in [0.2, 0.25) is 0 Å². The van der Waals surface area contributed by atoms with E-state index in [9.17, 15) is 22.8 Å². The zero-order valence-electron chi connectivity index (χ0n) is 12.4. The molecule has 0 saturated carbocycles. The van der Waals surface area contributed by atoms with Crippen LogP contribution in [-0.4, -0.2) is 46.6 Å². The van der Waals surface area contributed by atoms with Crippen molar-refractivity contribution in [3.8, 4) is 0 Å². The van der Waals surface area contributed by atoms with Crippen LogP contribution in [0.25, 0.3) is 0 Å². The molecule has 128 valence electrons. The van der Waals surface area contributed by atoms with E-state index in [1.54, 1.807) is 0 Å². The fraction of sp³-hybridized carbons (Fsp3) is 0.615. The van der Waals surface area contributed by atoms with Crippen molar-refractivity contribution in [2.75, 3.05) is 19.7 Å². The molecule has 0 bridgehead atoms. The monoisotopic (exact) mass is 335 g/mol. The Balaban J connectivity index is 2.24. The summed E-state index contributed by atoms with van der Waals surface area (Å²) in [7, 11) is 0. The lowest BCUT2D eigenvalue weighted by atomic mass is 10.1. The van der Waals surface area contributed by atoms with Crippen molar-refractivity contribution in [1.29, 1.82) is 0 Å². The molecule has 0 aromatic carbocycles. The van der Waals surface area contributed by atoms with Gasteiger partial charge in [0.05, 0.1) is 12.8 Å². The highest BCUT2D eigenvalue weighted by Crippen LogP contribution is 2.32. The molecule has 1 saturated heterocycles. The third-order valence-electron chi connectivity index (χ3n) is 3.28. The lowest BCUT2D eigenvalue weighted by Gasteiger charge is -2.25. The number of halogens is 3. The predicted molar refractivity (Wildman–Crippen MR) is 70.6 cm³/mol. The molecule has 10 heteroatoms. The number of likely N-dealkylation sites (tertiary alicyclic amines) is 1. The normalized spacial score (nSPS) is 15.4. The molecule has 23 heavy (non-hydrogen) atoms. The number of hydrogen-bond donors (Lipinski definition) is 0. The molecule has 1 fully saturated rings. The molecule has 0 aliphatic carbocycles. The average molecular weight is 335 g/mol. The van der Waals surface area contributed by atoms with E-state index >= 15 is 0 Å². The summed E-state index contributed by atoms with van der Waals surface area (Å²) >= 11 is 0. The van der Waals surface area contributed by atoms with Crippen LogP contribution in [0, 0.1) is 0 Å². The summed E-state index contributed by atoms with van der Waals surface area (Å²) in [6.07, 6.45) is -2.73. The van der Waals surface area contributed by atoms with Gasteiger partial charge in [-0.05, 0) is 26.2 Å². The van der Waals surface area contributed by atoms with Crippen molar-refractivity contribution in [3.63, 3.8) is 0 Å². The van der Waals surface area contributed by atoms with Crippen LogP contribution in [0.1, 0.15) is 42.2 Å². The van der Waals surface area contributed by atoms with Crippen LogP contribution < -0.4 is 4.84 Å². The molecule has 1 aromatic heterocycles. The zero-order valence-corrected chi connectivity index (χ0v) is 12.4. The van der Waals surface area contributed by atoms with Gasteiger partial charge in [0.25, 0.3) is 0 Å². The van der Waals surface area contributed by atoms with E-state index in [1.807, 2.05) is 0 Å². The molecule has 2 heterocycles. The van der Waals surface area contributed by atoms with Crippen LogP contribution in [0.3, 0.4) is 0 Å². The minimum atomic E-state index is -4.93. The fourth-order valence-electron chi connectivity index (χ4n) is 2.23. The quantitative estimate of drug-likeness (QED) is 0.791. The highest BCUT2D eigenvalue weighted by molar-refractivity contribution is 5.90. The Morgan fingerprint density at radius 2 is 1.91 bits per heavy atom. The summed E-state index contributed by atoms with van der Waals surface area (Å²) < 4.78 is 44.0. The first-order valence-electron chi connectivity index (χ1n) is 7.14. The van der Waals surface area contributed by atoms with Crippen LogP contribution in [0.15, 0.2) is 6.20 Å². The van der Waals surface area contributed by atoms with Crippen molar-refractivity contribution in [2.24, 2.45) is 0 Å². The summed E-state index contributed by atoms with van der Waals surface area (Å²) in [6.45, 7) is 2.19. The number of amides is 1. The van der Waals surface area contributed by atoms with Crippen molar-refractivity contribution < 1.29 is 32.3 Å². The Morgan fingerprint density at radius 3 is 2.48 bits per heavy atom. The van der Waals surface area contributed by atoms with Gasteiger partial charge in [-0.3, -0.25) is 4.84 Å². The zero-order chi connectivity index (χ0) is 17.0. The van der Waals surface area contributed by atoms with Gasteiger partial charge in [-0.25, -0.2) is 9.59 Å². The summed E-state index contributed by atoms with van der Waals surface area (Å²) in [6, 6.07) is 0. The van der Waals surface area contributed by atoms with Gasteiger partial charge in [0.15, 0.2) is 5.69 Å². The number of alkyl halides is 3. The smallest absolute Gasteiger partial charge is 0.437 e. The molecule has 7 nitrogen and oxygen atoms in total. The van der Waals surface area contributed by atoms with E-state index in [-0.39, 0.29) is 11.5 Å². The van der Waals surface area contributed by atoms with Gasteiger partial charge in [0.1, 0.15) is 5.56 Å². The molecular formula is C13H16F3N3O4. The van der Waals surface area contributed by atoms with E-state index in [4.69, 9.17) is 0 Å². The first kappa shape index (κ1) is 17.1. The molecule has 0 spiro atoms. The third-order valence-corrected chi connectivity index (χ3v) is 3.28. The number of aromatic nitrogens is 2. The molecule has 0 atom stereocenters. The second-order valence-electron chi connectivity index (χ2n) is 4.90. The third kappa shape index (κ3) is 3.93. The Hall–Kier alpha value is -2.26. The maximum absolute atomic E-state index is 13.2. The number of carbonyl (C=O) groups excluding carboxylic acids is 2. The Morgan fingerprint density at radius 1 is 1.26 bits per heavy atom. The largest absolute Gasteiger partial charge is 0.462 e. The molecule has 1 amide bonds. The number of ether oxygens (including phenoxy) is 1. The topological polar surface area (TPSA) is 73.7 Å². The van der Waals surface area contributed by atoms with Gasteiger partial charge in [0.2, 0.25) is 0 Å². The lowest BCUT2D eigenvalue weighted by molar-refractivity contribution is -0.151. The van der Waals surface area contributed by atoms with Gasteiger partial charge in [-0.1, -0.05) is 4.85 Å². The van der Waals surface area contributed by atoms with Crippen molar-refractivity contribution in [3.05, 3.63) is 17.5 Å². The predicted octanol–water partition coefficient (Wildman–Crippen LogP) is 2.11. The molecule has 2 rings (SSSR count). The number of piperidine rings is 1.